The minimum absolute atomic E-state index is 0.486. The summed E-state index contributed by atoms with van der Waals surface area (Å²) in [5, 5.41) is 5.70. The Morgan fingerprint density at radius 3 is 2.62 bits per heavy atom. The van der Waals surface area contributed by atoms with Gasteiger partial charge in [-0.05, 0) is 50.6 Å². The zero-order valence-corrected chi connectivity index (χ0v) is 16.5. The van der Waals surface area contributed by atoms with Crippen molar-refractivity contribution in [1.29, 1.82) is 0 Å². The van der Waals surface area contributed by atoms with Crippen molar-refractivity contribution in [2.45, 2.75) is 33.0 Å². The summed E-state index contributed by atoms with van der Waals surface area (Å²) in [4.78, 5) is 2.30. The molecule has 1 aromatic carbocycles. The second kappa shape index (κ2) is 7.77. The van der Waals surface area contributed by atoms with Crippen LogP contribution in [0, 0.1) is 0 Å². The first-order chi connectivity index (χ1) is 9.95. The number of hydrogen-bond acceptors (Lipinski definition) is 3. The third kappa shape index (κ3) is 5.09. The van der Waals surface area contributed by atoms with Crippen LogP contribution in [0.5, 0.6) is 0 Å². The average Bonchev–Trinajstić information content (AvgIpc) is 2.82. The Kier molecular flexibility index (Phi) is 6.29. The maximum atomic E-state index is 3.58. The van der Waals surface area contributed by atoms with E-state index in [0.29, 0.717) is 6.04 Å². The van der Waals surface area contributed by atoms with Crippen LogP contribution in [-0.4, -0.2) is 13.1 Å². The second-order valence-corrected chi connectivity index (χ2v) is 8.63. The molecule has 0 aliphatic rings. The molecule has 0 saturated carbocycles. The second-order valence-electron chi connectivity index (χ2n) is 5.42. The van der Waals surface area contributed by atoms with Crippen LogP contribution >= 0.6 is 43.2 Å². The van der Waals surface area contributed by atoms with Gasteiger partial charge in [0.05, 0.1) is 3.79 Å². The van der Waals surface area contributed by atoms with Crippen molar-refractivity contribution < 1.29 is 0 Å². The van der Waals surface area contributed by atoms with Gasteiger partial charge in [-0.1, -0.05) is 35.8 Å². The van der Waals surface area contributed by atoms with Gasteiger partial charge in [0.1, 0.15) is 0 Å². The molecule has 0 bridgehead atoms. The highest BCUT2D eigenvalue weighted by Crippen LogP contribution is 2.27. The van der Waals surface area contributed by atoms with E-state index in [2.05, 4.69) is 92.6 Å². The molecule has 0 aliphatic carbocycles. The number of hydrogen-bond donors (Lipinski definition) is 1. The molecule has 0 amide bonds. The van der Waals surface area contributed by atoms with E-state index in [4.69, 9.17) is 0 Å². The van der Waals surface area contributed by atoms with Crippen LogP contribution < -0.4 is 10.2 Å². The molecule has 2 nitrogen and oxygen atoms in total. The summed E-state index contributed by atoms with van der Waals surface area (Å²) in [5.74, 6) is 0. The lowest BCUT2D eigenvalue weighted by atomic mass is 10.1. The fraction of sp³-hybridized carbons (Fsp3) is 0.375. The molecule has 0 spiro atoms. The van der Waals surface area contributed by atoms with E-state index >= 15 is 0 Å². The van der Waals surface area contributed by atoms with E-state index in [1.807, 2.05) is 0 Å². The lowest BCUT2D eigenvalue weighted by Crippen LogP contribution is -2.24. The largest absolute Gasteiger partial charge is 0.370 e. The smallest absolute Gasteiger partial charge is 0.0701 e. The topological polar surface area (TPSA) is 15.3 Å². The Bertz CT molecular complexity index is 596. The van der Waals surface area contributed by atoms with Crippen molar-refractivity contribution in [2.75, 3.05) is 11.9 Å². The molecule has 0 aliphatic heterocycles. The van der Waals surface area contributed by atoms with E-state index in [1.54, 1.807) is 11.3 Å². The van der Waals surface area contributed by atoms with Gasteiger partial charge in [0.2, 0.25) is 0 Å². The molecule has 0 atom stereocenters. The van der Waals surface area contributed by atoms with E-state index in [9.17, 15) is 0 Å². The number of thiophene rings is 1. The Hall–Kier alpha value is -0.360. The Morgan fingerprint density at radius 1 is 1.24 bits per heavy atom. The van der Waals surface area contributed by atoms with E-state index < -0.39 is 0 Å². The summed E-state index contributed by atoms with van der Waals surface area (Å²) < 4.78 is 2.30. The third-order valence-corrected chi connectivity index (χ3v) is 5.25. The third-order valence-electron chi connectivity index (χ3n) is 3.20. The molecule has 21 heavy (non-hydrogen) atoms. The van der Waals surface area contributed by atoms with Crippen molar-refractivity contribution in [2.24, 2.45) is 0 Å². The minimum atomic E-state index is 0.486. The van der Waals surface area contributed by atoms with Crippen molar-refractivity contribution in [3.63, 3.8) is 0 Å². The maximum Gasteiger partial charge on any atom is 0.0701 e. The summed E-state index contributed by atoms with van der Waals surface area (Å²) in [6.45, 7) is 6.14. The standard InChI is InChI=1S/C16H20Br2N2S/c1-11(2)19-8-13-4-5-14(17)7-15(13)20(3)9-12-6-16(18)21-10-12/h4-7,10-11,19H,8-9H2,1-3H3. The predicted octanol–water partition coefficient (Wildman–Crippen LogP) is 5.41. The molecule has 1 heterocycles. The molecule has 1 N–H and O–H groups in total. The quantitative estimate of drug-likeness (QED) is 0.657. The molecule has 0 radical (unpaired) electrons. The highest BCUT2D eigenvalue weighted by Gasteiger charge is 2.10. The SMILES string of the molecule is CC(C)NCc1ccc(Br)cc1N(C)Cc1csc(Br)c1. The maximum absolute atomic E-state index is 3.58. The highest BCUT2D eigenvalue weighted by atomic mass is 79.9. The summed E-state index contributed by atoms with van der Waals surface area (Å²) in [6, 6.07) is 9.16. The first-order valence-electron chi connectivity index (χ1n) is 6.91. The van der Waals surface area contributed by atoms with Gasteiger partial charge in [-0.15, -0.1) is 11.3 Å². The summed E-state index contributed by atoms with van der Waals surface area (Å²) >= 11 is 8.84. The molecule has 0 unspecified atom stereocenters. The molecule has 2 rings (SSSR count). The zero-order valence-electron chi connectivity index (χ0n) is 12.5. The highest BCUT2D eigenvalue weighted by molar-refractivity contribution is 9.11. The molecule has 114 valence electrons. The van der Waals surface area contributed by atoms with Gasteiger partial charge in [0, 0.05) is 36.3 Å². The molecular formula is C16H20Br2N2S. The lowest BCUT2D eigenvalue weighted by Gasteiger charge is -2.23. The van der Waals surface area contributed by atoms with Crippen LogP contribution in [0.25, 0.3) is 0 Å². The minimum Gasteiger partial charge on any atom is -0.370 e. The lowest BCUT2D eigenvalue weighted by molar-refractivity contribution is 0.588. The fourth-order valence-electron chi connectivity index (χ4n) is 2.14. The average molecular weight is 432 g/mol. The first-order valence-corrected chi connectivity index (χ1v) is 9.38. The van der Waals surface area contributed by atoms with Crippen LogP contribution in [0.4, 0.5) is 5.69 Å². The Morgan fingerprint density at radius 2 is 2.00 bits per heavy atom. The fourth-order valence-corrected chi connectivity index (χ4v) is 3.69. The zero-order chi connectivity index (χ0) is 15.4. The van der Waals surface area contributed by atoms with E-state index in [-0.39, 0.29) is 0 Å². The van der Waals surface area contributed by atoms with Crippen molar-refractivity contribution in [3.8, 4) is 0 Å². The predicted molar refractivity (Wildman–Crippen MR) is 100 cm³/mol. The summed E-state index contributed by atoms with van der Waals surface area (Å²) in [7, 11) is 2.15. The molecule has 0 saturated heterocycles. The number of halogens is 2. The molecular weight excluding hydrogens is 412 g/mol. The van der Waals surface area contributed by atoms with Crippen molar-refractivity contribution in [3.05, 3.63) is 49.0 Å². The van der Waals surface area contributed by atoms with Crippen LogP contribution in [0.15, 0.2) is 37.9 Å². The van der Waals surface area contributed by atoms with Gasteiger partial charge in [-0.2, -0.15) is 0 Å². The van der Waals surface area contributed by atoms with Crippen LogP contribution in [0.1, 0.15) is 25.0 Å². The summed E-state index contributed by atoms with van der Waals surface area (Å²) in [5.41, 5.74) is 3.92. The van der Waals surface area contributed by atoms with Gasteiger partial charge >= 0.3 is 0 Å². The number of benzene rings is 1. The van der Waals surface area contributed by atoms with Crippen molar-refractivity contribution >= 4 is 48.9 Å². The van der Waals surface area contributed by atoms with Crippen molar-refractivity contribution in [1.82, 2.24) is 5.32 Å². The van der Waals surface area contributed by atoms with E-state index in [0.717, 1.165) is 17.6 Å². The van der Waals surface area contributed by atoms with Crippen LogP contribution in [0.3, 0.4) is 0 Å². The summed E-state index contributed by atoms with van der Waals surface area (Å²) in [6.07, 6.45) is 0. The normalized spacial score (nSPS) is 11.1. The van der Waals surface area contributed by atoms with E-state index in [1.165, 1.54) is 20.6 Å². The van der Waals surface area contributed by atoms with Gasteiger partial charge < -0.3 is 10.2 Å². The number of rotatable bonds is 6. The van der Waals surface area contributed by atoms with Gasteiger partial charge in [-0.25, -0.2) is 0 Å². The van der Waals surface area contributed by atoms with Gasteiger partial charge in [0.25, 0.3) is 0 Å². The molecule has 2 aromatic rings. The van der Waals surface area contributed by atoms with Crippen LogP contribution in [-0.2, 0) is 13.1 Å². The Balaban J connectivity index is 2.17. The van der Waals surface area contributed by atoms with Crippen LogP contribution in [0.2, 0.25) is 0 Å². The number of nitrogens with one attached hydrogen (secondary N) is 1. The molecule has 0 fully saturated rings. The first kappa shape index (κ1) is 17.0. The number of anilines is 1. The number of nitrogens with zero attached hydrogens (tertiary/aromatic N) is 1. The molecule has 1 aromatic heterocycles. The van der Waals surface area contributed by atoms with Gasteiger partial charge in [0.15, 0.2) is 0 Å². The monoisotopic (exact) mass is 430 g/mol. The molecule has 5 heteroatoms. The van der Waals surface area contributed by atoms with Gasteiger partial charge in [-0.3, -0.25) is 0 Å². The Labute approximate surface area is 147 Å².